The van der Waals surface area contributed by atoms with Crippen LogP contribution >= 0.6 is 0 Å². The van der Waals surface area contributed by atoms with E-state index in [1.807, 2.05) is 6.07 Å². The number of aryl methyl sites for hydroxylation is 1. The van der Waals surface area contributed by atoms with Gasteiger partial charge in [-0.25, -0.2) is 0 Å². The second-order valence-corrected chi connectivity index (χ2v) is 3.91. The lowest BCUT2D eigenvalue weighted by molar-refractivity contribution is 0.323. The normalized spacial score (nSPS) is 18.3. The van der Waals surface area contributed by atoms with E-state index in [2.05, 4.69) is 6.07 Å². The van der Waals surface area contributed by atoms with Crippen molar-refractivity contribution >= 4 is 0 Å². The van der Waals surface area contributed by atoms with Gasteiger partial charge in [0.25, 0.3) is 5.56 Å². The molecule has 0 amide bonds. The Labute approximate surface area is 82.6 Å². The van der Waals surface area contributed by atoms with Gasteiger partial charge in [0.15, 0.2) is 0 Å². The molecule has 0 aliphatic heterocycles. The fourth-order valence-electron chi connectivity index (χ4n) is 1.84. The van der Waals surface area contributed by atoms with Gasteiger partial charge in [0, 0.05) is 19.3 Å². The summed E-state index contributed by atoms with van der Waals surface area (Å²) < 4.78 is 1.52. The zero-order valence-corrected chi connectivity index (χ0v) is 8.16. The Morgan fingerprint density at radius 1 is 1.57 bits per heavy atom. The van der Waals surface area contributed by atoms with Crippen molar-refractivity contribution in [3.63, 3.8) is 0 Å². The second-order valence-electron chi connectivity index (χ2n) is 3.91. The first-order valence-corrected chi connectivity index (χ1v) is 4.76. The van der Waals surface area contributed by atoms with Crippen LogP contribution in [-0.2, 0) is 12.5 Å². The molecule has 0 bridgehead atoms. The van der Waals surface area contributed by atoms with Gasteiger partial charge in [-0.1, -0.05) is 0 Å². The van der Waals surface area contributed by atoms with Crippen LogP contribution in [0.4, 0.5) is 0 Å². The van der Waals surface area contributed by atoms with Crippen molar-refractivity contribution in [3.05, 3.63) is 34.2 Å². The van der Waals surface area contributed by atoms with Crippen LogP contribution in [0, 0.1) is 11.3 Å². The molecule has 1 saturated carbocycles. The first kappa shape index (κ1) is 9.01. The number of nitriles is 1. The third-order valence-corrected chi connectivity index (χ3v) is 3.08. The topological polar surface area (TPSA) is 45.8 Å². The Bertz CT molecular complexity index is 449. The Morgan fingerprint density at radius 2 is 2.29 bits per heavy atom. The molecule has 3 heteroatoms. The predicted octanol–water partition coefficient (Wildman–Crippen LogP) is 1.33. The Morgan fingerprint density at radius 3 is 2.71 bits per heavy atom. The molecule has 1 fully saturated rings. The van der Waals surface area contributed by atoms with E-state index in [1.54, 1.807) is 19.3 Å². The summed E-state index contributed by atoms with van der Waals surface area (Å²) >= 11 is 0. The van der Waals surface area contributed by atoms with E-state index in [0.29, 0.717) is 0 Å². The minimum absolute atomic E-state index is 0.0379. The lowest BCUT2D eigenvalue weighted by Crippen LogP contribution is -2.34. The molecule has 0 aromatic carbocycles. The highest BCUT2D eigenvalue weighted by Gasteiger charge is 2.39. The van der Waals surface area contributed by atoms with Crippen LogP contribution in [0.25, 0.3) is 0 Å². The van der Waals surface area contributed by atoms with E-state index in [4.69, 9.17) is 5.26 Å². The minimum atomic E-state index is -0.368. The van der Waals surface area contributed by atoms with Crippen molar-refractivity contribution < 1.29 is 0 Å². The lowest BCUT2D eigenvalue weighted by atomic mass is 9.66. The second kappa shape index (κ2) is 2.98. The van der Waals surface area contributed by atoms with Crippen LogP contribution in [0.2, 0.25) is 0 Å². The number of hydrogen-bond acceptors (Lipinski definition) is 2. The van der Waals surface area contributed by atoms with Gasteiger partial charge in [0.05, 0.1) is 11.5 Å². The SMILES string of the molecule is Cn1ccc(C2(C#N)CCC2)cc1=O. The molecule has 0 N–H and O–H groups in total. The zero-order chi connectivity index (χ0) is 10.2. The van der Waals surface area contributed by atoms with Gasteiger partial charge >= 0.3 is 0 Å². The van der Waals surface area contributed by atoms with Crippen LogP contribution < -0.4 is 5.56 Å². The third kappa shape index (κ3) is 1.15. The molecule has 1 heterocycles. The monoisotopic (exact) mass is 188 g/mol. The van der Waals surface area contributed by atoms with Crippen molar-refractivity contribution in [1.29, 1.82) is 5.26 Å². The summed E-state index contributed by atoms with van der Waals surface area (Å²) in [7, 11) is 1.71. The summed E-state index contributed by atoms with van der Waals surface area (Å²) in [5.41, 5.74) is 0.478. The summed E-state index contributed by atoms with van der Waals surface area (Å²) in [6.45, 7) is 0. The van der Waals surface area contributed by atoms with E-state index in [9.17, 15) is 4.79 Å². The average molecular weight is 188 g/mol. The number of nitrogens with zero attached hydrogens (tertiary/aromatic N) is 2. The van der Waals surface area contributed by atoms with Crippen LogP contribution in [0.1, 0.15) is 24.8 Å². The largest absolute Gasteiger partial charge is 0.319 e. The van der Waals surface area contributed by atoms with Crippen molar-refractivity contribution in [1.82, 2.24) is 4.57 Å². The summed E-state index contributed by atoms with van der Waals surface area (Å²) in [6, 6.07) is 5.79. The van der Waals surface area contributed by atoms with Gasteiger partial charge < -0.3 is 4.57 Å². The van der Waals surface area contributed by atoms with Gasteiger partial charge in [-0.2, -0.15) is 5.26 Å². The molecule has 0 unspecified atom stereocenters. The standard InChI is InChI=1S/C11H12N2O/c1-13-6-3-9(7-10(13)14)11(8-12)4-2-5-11/h3,6-7H,2,4-5H2,1H3. The van der Waals surface area contributed by atoms with E-state index in [0.717, 1.165) is 24.8 Å². The average Bonchev–Trinajstić information content (AvgIpc) is 2.10. The molecular weight excluding hydrogens is 176 g/mol. The first-order valence-electron chi connectivity index (χ1n) is 4.76. The smallest absolute Gasteiger partial charge is 0.250 e. The van der Waals surface area contributed by atoms with Gasteiger partial charge in [-0.15, -0.1) is 0 Å². The quantitative estimate of drug-likeness (QED) is 0.667. The highest BCUT2D eigenvalue weighted by atomic mass is 16.1. The van der Waals surface area contributed by atoms with E-state index < -0.39 is 0 Å². The summed E-state index contributed by atoms with van der Waals surface area (Å²) in [4.78, 5) is 11.4. The molecule has 0 atom stereocenters. The van der Waals surface area contributed by atoms with Gasteiger partial charge in [-0.3, -0.25) is 4.79 Å². The molecule has 2 rings (SSSR count). The van der Waals surface area contributed by atoms with E-state index >= 15 is 0 Å². The lowest BCUT2D eigenvalue weighted by Gasteiger charge is -2.35. The maximum Gasteiger partial charge on any atom is 0.250 e. The number of hydrogen-bond donors (Lipinski definition) is 0. The molecule has 0 spiro atoms. The molecule has 14 heavy (non-hydrogen) atoms. The molecule has 72 valence electrons. The van der Waals surface area contributed by atoms with Crippen molar-refractivity contribution in [2.75, 3.05) is 0 Å². The van der Waals surface area contributed by atoms with E-state index in [-0.39, 0.29) is 11.0 Å². The van der Waals surface area contributed by atoms with Crippen molar-refractivity contribution in [2.24, 2.45) is 7.05 Å². The molecule has 1 aliphatic carbocycles. The highest BCUT2D eigenvalue weighted by Crippen LogP contribution is 2.42. The molecule has 0 saturated heterocycles. The third-order valence-electron chi connectivity index (χ3n) is 3.08. The van der Waals surface area contributed by atoms with Gasteiger partial charge in [0.1, 0.15) is 0 Å². The predicted molar refractivity (Wildman–Crippen MR) is 52.8 cm³/mol. The number of rotatable bonds is 1. The summed E-state index contributed by atoms with van der Waals surface area (Å²) in [6.07, 6.45) is 4.59. The Balaban J connectivity index is 2.48. The van der Waals surface area contributed by atoms with Crippen LogP contribution in [0.3, 0.4) is 0 Å². The van der Waals surface area contributed by atoms with Crippen molar-refractivity contribution in [2.45, 2.75) is 24.7 Å². The van der Waals surface area contributed by atoms with Crippen LogP contribution in [0.5, 0.6) is 0 Å². The van der Waals surface area contributed by atoms with Gasteiger partial charge in [0.2, 0.25) is 0 Å². The van der Waals surface area contributed by atoms with Gasteiger partial charge in [-0.05, 0) is 30.9 Å². The van der Waals surface area contributed by atoms with E-state index in [1.165, 1.54) is 4.57 Å². The first-order chi connectivity index (χ1) is 6.68. The zero-order valence-electron chi connectivity index (χ0n) is 8.16. The van der Waals surface area contributed by atoms with Crippen molar-refractivity contribution in [3.8, 4) is 6.07 Å². The summed E-state index contributed by atoms with van der Waals surface area (Å²) in [5.74, 6) is 0. The Kier molecular flexibility index (Phi) is 1.92. The highest BCUT2D eigenvalue weighted by molar-refractivity contribution is 5.33. The summed E-state index contributed by atoms with van der Waals surface area (Å²) in [5, 5.41) is 9.09. The number of aromatic nitrogens is 1. The molecule has 1 aromatic rings. The molecule has 1 aromatic heterocycles. The maximum atomic E-state index is 11.4. The molecule has 0 radical (unpaired) electrons. The molecule has 1 aliphatic rings. The van der Waals surface area contributed by atoms with Crippen LogP contribution in [-0.4, -0.2) is 4.57 Å². The number of pyridine rings is 1. The Hall–Kier alpha value is -1.56. The maximum absolute atomic E-state index is 11.4. The fourth-order valence-corrected chi connectivity index (χ4v) is 1.84. The van der Waals surface area contributed by atoms with Crippen LogP contribution in [0.15, 0.2) is 23.1 Å². The molecule has 3 nitrogen and oxygen atoms in total. The molecular formula is C11H12N2O. The fraction of sp³-hybridized carbons (Fsp3) is 0.455. The minimum Gasteiger partial charge on any atom is -0.319 e.